The summed E-state index contributed by atoms with van der Waals surface area (Å²) in [5.74, 6) is 1.48. The number of rotatable bonds is 10. The number of hydrogen-bond acceptors (Lipinski definition) is 3. The number of fused-ring (bicyclic) bond motifs is 1. The van der Waals surface area contributed by atoms with Crippen molar-refractivity contribution in [1.82, 2.24) is 14.9 Å². The molecule has 0 bridgehead atoms. The largest absolute Gasteiger partial charge is 0.492 e. The van der Waals surface area contributed by atoms with Crippen LogP contribution in [0.2, 0.25) is 5.02 Å². The minimum atomic E-state index is -0.247. The predicted molar refractivity (Wildman–Crippen MR) is 153 cm³/mol. The molecule has 1 aromatic heterocycles. The molecule has 1 unspecified atom stereocenters. The molecule has 38 heavy (non-hydrogen) atoms. The van der Waals surface area contributed by atoms with Gasteiger partial charge in [0.2, 0.25) is 5.91 Å². The minimum Gasteiger partial charge on any atom is -0.492 e. The van der Waals surface area contributed by atoms with E-state index < -0.39 is 0 Å². The highest BCUT2D eigenvalue weighted by Gasteiger charge is 2.18. The molecule has 1 atom stereocenters. The quantitative estimate of drug-likeness (QED) is 0.196. The van der Waals surface area contributed by atoms with Crippen LogP contribution in [0.15, 0.2) is 103 Å². The van der Waals surface area contributed by atoms with E-state index in [0.29, 0.717) is 30.3 Å². The lowest BCUT2D eigenvalue weighted by Gasteiger charge is -2.17. The first-order valence-corrected chi connectivity index (χ1v) is 13.2. The number of para-hydroxylation sites is 3. The van der Waals surface area contributed by atoms with Gasteiger partial charge in [-0.2, -0.15) is 0 Å². The highest BCUT2D eigenvalue weighted by Crippen LogP contribution is 2.25. The van der Waals surface area contributed by atoms with Crippen LogP contribution in [0.3, 0.4) is 0 Å². The molecule has 0 spiro atoms. The molecule has 0 aliphatic carbocycles. The smallest absolute Gasteiger partial charge is 0.224 e. The average Bonchev–Trinajstić information content (AvgIpc) is 3.31. The number of imidazole rings is 1. The molecule has 192 valence electrons. The van der Waals surface area contributed by atoms with Crippen molar-refractivity contribution in [3.8, 4) is 16.9 Å². The van der Waals surface area contributed by atoms with Gasteiger partial charge in [0.05, 0.1) is 35.1 Å². The lowest BCUT2D eigenvalue weighted by Crippen LogP contribution is -2.30. The van der Waals surface area contributed by atoms with Gasteiger partial charge in [-0.1, -0.05) is 90.5 Å². The van der Waals surface area contributed by atoms with Gasteiger partial charge in [-0.05, 0) is 54.3 Å². The van der Waals surface area contributed by atoms with Crippen LogP contribution in [-0.4, -0.2) is 22.1 Å². The van der Waals surface area contributed by atoms with Crippen molar-refractivity contribution in [3.05, 3.63) is 120 Å². The average molecular weight is 524 g/mol. The molecular formula is C32H30ClN3O2. The van der Waals surface area contributed by atoms with Crippen molar-refractivity contribution in [1.29, 1.82) is 0 Å². The summed E-state index contributed by atoms with van der Waals surface area (Å²) in [5, 5.41) is 3.75. The van der Waals surface area contributed by atoms with Crippen molar-refractivity contribution >= 4 is 28.5 Å². The molecule has 1 amide bonds. The predicted octanol–water partition coefficient (Wildman–Crippen LogP) is 7.25. The van der Waals surface area contributed by atoms with Gasteiger partial charge in [0, 0.05) is 6.54 Å². The molecule has 1 N–H and O–H groups in total. The Kier molecular flexibility index (Phi) is 8.05. The maximum absolute atomic E-state index is 12.9. The number of amides is 1. The Morgan fingerprint density at radius 3 is 2.37 bits per heavy atom. The van der Waals surface area contributed by atoms with Crippen LogP contribution in [0.25, 0.3) is 22.2 Å². The summed E-state index contributed by atoms with van der Waals surface area (Å²) in [5.41, 5.74) is 5.22. The van der Waals surface area contributed by atoms with Crippen LogP contribution in [0.1, 0.15) is 30.8 Å². The molecular weight excluding hydrogens is 494 g/mol. The van der Waals surface area contributed by atoms with Crippen molar-refractivity contribution in [2.75, 3.05) is 6.61 Å². The molecule has 1 heterocycles. The Bertz CT molecular complexity index is 1510. The van der Waals surface area contributed by atoms with Gasteiger partial charge in [0.15, 0.2) is 0 Å². The highest BCUT2D eigenvalue weighted by molar-refractivity contribution is 6.32. The number of carbonyl (C=O) groups is 1. The number of benzene rings is 4. The van der Waals surface area contributed by atoms with Crippen LogP contribution in [-0.2, 0) is 17.8 Å². The zero-order chi connectivity index (χ0) is 26.3. The zero-order valence-electron chi connectivity index (χ0n) is 21.3. The normalized spacial score (nSPS) is 11.8. The van der Waals surface area contributed by atoms with E-state index in [-0.39, 0.29) is 11.9 Å². The Morgan fingerprint density at radius 1 is 0.895 bits per heavy atom. The van der Waals surface area contributed by atoms with Gasteiger partial charge in [0.1, 0.15) is 11.6 Å². The van der Waals surface area contributed by atoms with E-state index in [1.165, 1.54) is 0 Å². The van der Waals surface area contributed by atoms with Crippen LogP contribution in [0.4, 0.5) is 0 Å². The van der Waals surface area contributed by atoms with E-state index >= 15 is 0 Å². The van der Waals surface area contributed by atoms with Gasteiger partial charge in [0.25, 0.3) is 0 Å². The summed E-state index contributed by atoms with van der Waals surface area (Å²) in [6.45, 7) is 3.21. The SMILES string of the molecule is CC(NC(=O)Cc1ccc(-c2ccccc2)cc1)c1nc2ccccc2n1CCCOc1ccccc1Cl. The van der Waals surface area contributed by atoms with Crippen LogP contribution in [0, 0.1) is 0 Å². The molecule has 0 aliphatic rings. The van der Waals surface area contributed by atoms with E-state index in [1.54, 1.807) is 0 Å². The Balaban J connectivity index is 1.23. The number of halogens is 1. The van der Waals surface area contributed by atoms with Gasteiger partial charge >= 0.3 is 0 Å². The fraction of sp³-hybridized carbons (Fsp3) is 0.188. The molecule has 6 heteroatoms. The Labute approximate surface area is 228 Å². The summed E-state index contributed by atoms with van der Waals surface area (Å²) in [4.78, 5) is 17.8. The molecule has 0 radical (unpaired) electrons. The second-order valence-electron chi connectivity index (χ2n) is 9.27. The zero-order valence-corrected chi connectivity index (χ0v) is 22.1. The monoisotopic (exact) mass is 523 g/mol. The Hall–Kier alpha value is -4.09. The third-order valence-corrected chi connectivity index (χ3v) is 6.81. The minimum absolute atomic E-state index is 0.0365. The number of nitrogens with zero attached hydrogens (tertiary/aromatic N) is 2. The van der Waals surface area contributed by atoms with Gasteiger partial charge in [-0.3, -0.25) is 4.79 Å². The maximum atomic E-state index is 12.9. The lowest BCUT2D eigenvalue weighted by atomic mass is 10.0. The maximum Gasteiger partial charge on any atom is 0.224 e. The topological polar surface area (TPSA) is 56.2 Å². The van der Waals surface area contributed by atoms with E-state index in [2.05, 4.69) is 40.2 Å². The standard InChI is InChI=1S/C32H30ClN3O2/c1-23(34-31(37)22-24-16-18-26(19-17-24)25-10-3-2-4-11-25)32-35-28-13-6-7-14-29(28)36(32)20-9-21-38-30-15-8-5-12-27(30)33/h2-8,10-19,23H,9,20-22H2,1H3,(H,34,37). The molecule has 0 saturated carbocycles. The summed E-state index contributed by atoms with van der Waals surface area (Å²) < 4.78 is 8.05. The van der Waals surface area contributed by atoms with Crippen molar-refractivity contribution in [2.45, 2.75) is 32.4 Å². The first-order chi connectivity index (χ1) is 18.6. The fourth-order valence-corrected chi connectivity index (χ4v) is 4.80. The van der Waals surface area contributed by atoms with Crippen molar-refractivity contribution in [2.24, 2.45) is 0 Å². The second-order valence-corrected chi connectivity index (χ2v) is 9.68. The summed E-state index contributed by atoms with van der Waals surface area (Å²) >= 11 is 6.21. The molecule has 0 saturated heterocycles. The van der Waals surface area contributed by atoms with Gasteiger partial charge in [-0.25, -0.2) is 4.98 Å². The van der Waals surface area contributed by atoms with E-state index in [0.717, 1.165) is 40.0 Å². The molecule has 0 fully saturated rings. The first-order valence-electron chi connectivity index (χ1n) is 12.8. The number of nitrogens with one attached hydrogen (secondary N) is 1. The molecule has 5 nitrogen and oxygen atoms in total. The molecule has 5 aromatic rings. The lowest BCUT2D eigenvalue weighted by molar-refractivity contribution is -0.121. The third-order valence-electron chi connectivity index (χ3n) is 6.49. The highest BCUT2D eigenvalue weighted by atomic mass is 35.5. The number of carbonyl (C=O) groups excluding carboxylic acids is 1. The van der Waals surface area contributed by atoms with E-state index in [4.69, 9.17) is 21.3 Å². The number of ether oxygens (including phenoxy) is 1. The van der Waals surface area contributed by atoms with Crippen LogP contribution >= 0.6 is 11.6 Å². The summed E-state index contributed by atoms with van der Waals surface area (Å²) in [7, 11) is 0. The number of aryl methyl sites for hydroxylation is 1. The fourth-order valence-electron chi connectivity index (χ4n) is 4.61. The van der Waals surface area contributed by atoms with Crippen molar-refractivity contribution < 1.29 is 9.53 Å². The van der Waals surface area contributed by atoms with Gasteiger partial charge < -0.3 is 14.6 Å². The third kappa shape index (κ3) is 6.06. The second kappa shape index (κ2) is 12.0. The first kappa shape index (κ1) is 25.6. The molecule has 4 aromatic carbocycles. The molecule has 5 rings (SSSR count). The summed E-state index contributed by atoms with van der Waals surface area (Å²) in [6, 6.07) is 33.6. The van der Waals surface area contributed by atoms with Gasteiger partial charge in [-0.15, -0.1) is 0 Å². The summed E-state index contributed by atoms with van der Waals surface area (Å²) in [6.07, 6.45) is 1.08. The number of hydrogen-bond donors (Lipinski definition) is 1. The number of aromatic nitrogens is 2. The van der Waals surface area contributed by atoms with Crippen LogP contribution in [0.5, 0.6) is 5.75 Å². The van der Waals surface area contributed by atoms with Crippen LogP contribution < -0.4 is 10.1 Å². The van der Waals surface area contributed by atoms with E-state index in [1.807, 2.05) is 79.7 Å². The van der Waals surface area contributed by atoms with E-state index in [9.17, 15) is 4.79 Å². The molecule has 0 aliphatic heterocycles. The van der Waals surface area contributed by atoms with Crippen molar-refractivity contribution in [3.63, 3.8) is 0 Å². The Morgan fingerprint density at radius 2 is 1.58 bits per heavy atom.